The van der Waals surface area contributed by atoms with Crippen LogP contribution in [0.4, 0.5) is 4.39 Å². The number of nitrogens with one attached hydrogen (secondary N) is 1. The van der Waals surface area contributed by atoms with Crippen molar-refractivity contribution in [3.05, 3.63) is 34.6 Å². The summed E-state index contributed by atoms with van der Waals surface area (Å²) < 4.78 is 13.6. The van der Waals surface area contributed by atoms with Crippen LogP contribution in [-0.4, -0.2) is 12.6 Å². The van der Waals surface area contributed by atoms with Crippen LogP contribution in [0.2, 0.25) is 5.02 Å². The molecule has 0 radical (unpaired) electrons. The van der Waals surface area contributed by atoms with Crippen LogP contribution < -0.4 is 5.32 Å². The first kappa shape index (κ1) is 16.8. The fourth-order valence-electron chi connectivity index (χ4n) is 3.53. The Morgan fingerprint density at radius 2 is 2.14 bits per heavy atom. The Labute approximate surface area is 133 Å². The van der Waals surface area contributed by atoms with E-state index in [1.807, 2.05) is 6.07 Å². The third kappa shape index (κ3) is 4.43. The zero-order chi connectivity index (χ0) is 15.2. The van der Waals surface area contributed by atoms with Crippen LogP contribution in [0.3, 0.4) is 0 Å². The summed E-state index contributed by atoms with van der Waals surface area (Å²) >= 11 is 6.13. The predicted octanol–water partition coefficient (Wildman–Crippen LogP) is 5.22. The highest BCUT2D eigenvalue weighted by Crippen LogP contribution is 2.36. The van der Waals surface area contributed by atoms with E-state index in [4.69, 9.17) is 11.6 Å². The lowest BCUT2D eigenvalue weighted by molar-refractivity contribution is 0.343. The van der Waals surface area contributed by atoms with Crippen molar-refractivity contribution >= 4 is 11.6 Å². The summed E-state index contributed by atoms with van der Waals surface area (Å²) in [5.41, 5.74) is 0.935. The van der Waals surface area contributed by atoms with Gasteiger partial charge in [-0.15, -0.1) is 0 Å². The van der Waals surface area contributed by atoms with Crippen molar-refractivity contribution in [2.24, 2.45) is 11.8 Å². The van der Waals surface area contributed by atoms with Crippen molar-refractivity contribution in [1.82, 2.24) is 5.32 Å². The van der Waals surface area contributed by atoms with Crippen molar-refractivity contribution in [2.75, 3.05) is 6.54 Å². The van der Waals surface area contributed by atoms with Crippen LogP contribution >= 0.6 is 11.6 Å². The summed E-state index contributed by atoms with van der Waals surface area (Å²) in [6, 6.07) is 5.57. The fraction of sp³-hybridized carbons (Fsp3) is 0.667. The summed E-state index contributed by atoms with van der Waals surface area (Å²) in [7, 11) is 0. The van der Waals surface area contributed by atoms with E-state index in [1.165, 1.54) is 31.7 Å². The molecule has 1 aliphatic rings. The molecule has 3 heteroatoms. The fourth-order valence-corrected chi connectivity index (χ4v) is 3.73. The molecule has 0 heterocycles. The minimum atomic E-state index is -0.304. The first-order valence-electron chi connectivity index (χ1n) is 8.31. The number of benzene rings is 1. The standard InChI is InChI=1S/C18H27ClFN/c1-3-10-21-17(14-9-8-13(4-2)11-14)12-15-6-5-7-16(20)18(15)19/h5-7,13-14,17,21H,3-4,8-12H2,1-2H3. The topological polar surface area (TPSA) is 12.0 Å². The molecule has 2 rings (SSSR count). The largest absolute Gasteiger partial charge is 0.313 e. The van der Waals surface area contributed by atoms with E-state index in [-0.39, 0.29) is 5.82 Å². The van der Waals surface area contributed by atoms with Crippen molar-refractivity contribution in [2.45, 2.75) is 58.4 Å². The van der Waals surface area contributed by atoms with Gasteiger partial charge in [-0.25, -0.2) is 4.39 Å². The molecule has 0 aromatic heterocycles. The van der Waals surface area contributed by atoms with Crippen molar-refractivity contribution in [3.63, 3.8) is 0 Å². The van der Waals surface area contributed by atoms with Gasteiger partial charge < -0.3 is 5.32 Å². The Morgan fingerprint density at radius 3 is 2.81 bits per heavy atom. The van der Waals surface area contributed by atoms with Crippen LogP contribution in [0, 0.1) is 17.7 Å². The highest BCUT2D eigenvalue weighted by molar-refractivity contribution is 6.31. The summed E-state index contributed by atoms with van der Waals surface area (Å²) in [5.74, 6) is 1.26. The van der Waals surface area contributed by atoms with Gasteiger partial charge in [-0.3, -0.25) is 0 Å². The zero-order valence-corrected chi connectivity index (χ0v) is 13.9. The molecule has 0 aliphatic heterocycles. The molecular weight excluding hydrogens is 285 g/mol. The Hall–Kier alpha value is -0.600. The molecule has 1 saturated carbocycles. The maximum Gasteiger partial charge on any atom is 0.142 e. The molecule has 1 N–H and O–H groups in total. The average molecular weight is 312 g/mol. The summed E-state index contributed by atoms with van der Waals surface area (Å²) in [6.45, 7) is 5.48. The van der Waals surface area contributed by atoms with Gasteiger partial charge in [0.2, 0.25) is 0 Å². The van der Waals surface area contributed by atoms with Gasteiger partial charge in [-0.1, -0.05) is 50.4 Å². The molecule has 0 spiro atoms. The number of hydrogen-bond acceptors (Lipinski definition) is 1. The lowest BCUT2D eigenvalue weighted by Crippen LogP contribution is -2.37. The van der Waals surface area contributed by atoms with E-state index < -0.39 is 0 Å². The van der Waals surface area contributed by atoms with Gasteiger partial charge in [0, 0.05) is 6.04 Å². The number of hydrogen-bond donors (Lipinski definition) is 1. The quantitative estimate of drug-likeness (QED) is 0.728. The Kier molecular flexibility index (Phi) is 6.50. The first-order valence-corrected chi connectivity index (χ1v) is 8.69. The van der Waals surface area contributed by atoms with Crippen LogP contribution in [0.15, 0.2) is 18.2 Å². The second-order valence-corrected chi connectivity index (χ2v) is 6.70. The van der Waals surface area contributed by atoms with E-state index in [1.54, 1.807) is 6.07 Å². The van der Waals surface area contributed by atoms with E-state index in [9.17, 15) is 4.39 Å². The molecule has 1 nitrogen and oxygen atoms in total. The predicted molar refractivity (Wildman–Crippen MR) is 88.3 cm³/mol. The Bertz CT molecular complexity index is 449. The molecule has 0 bridgehead atoms. The molecule has 3 atom stereocenters. The molecule has 1 aromatic rings. The second-order valence-electron chi connectivity index (χ2n) is 6.33. The molecule has 118 valence electrons. The van der Waals surface area contributed by atoms with Crippen LogP contribution in [0.1, 0.15) is 51.5 Å². The summed E-state index contributed by atoms with van der Waals surface area (Å²) in [5, 5.41) is 3.97. The third-order valence-electron chi connectivity index (χ3n) is 4.86. The Morgan fingerprint density at radius 1 is 1.33 bits per heavy atom. The monoisotopic (exact) mass is 311 g/mol. The molecule has 21 heavy (non-hydrogen) atoms. The molecule has 1 aliphatic carbocycles. The van der Waals surface area contributed by atoms with Gasteiger partial charge in [0.1, 0.15) is 5.82 Å². The van der Waals surface area contributed by atoms with Gasteiger partial charge in [0.05, 0.1) is 5.02 Å². The van der Waals surface area contributed by atoms with Gasteiger partial charge in [0.15, 0.2) is 0 Å². The van der Waals surface area contributed by atoms with E-state index >= 15 is 0 Å². The highest BCUT2D eigenvalue weighted by Gasteiger charge is 2.30. The third-order valence-corrected chi connectivity index (χ3v) is 5.28. The van der Waals surface area contributed by atoms with Crippen molar-refractivity contribution in [1.29, 1.82) is 0 Å². The van der Waals surface area contributed by atoms with E-state index in [0.29, 0.717) is 17.0 Å². The van der Waals surface area contributed by atoms with Crippen LogP contribution in [0.25, 0.3) is 0 Å². The minimum Gasteiger partial charge on any atom is -0.313 e. The zero-order valence-electron chi connectivity index (χ0n) is 13.2. The van der Waals surface area contributed by atoms with Crippen molar-refractivity contribution in [3.8, 4) is 0 Å². The number of rotatable bonds is 7. The van der Waals surface area contributed by atoms with Crippen molar-refractivity contribution < 1.29 is 4.39 Å². The molecule has 1 aromatic carbocycles. The molecule has 0 saturated heterocycles. The van der Waals surface area contributed by atoms with E-state index in [0.717, 1.165) is 30.9 Å². The first-order chi connectivity index (χ1) is 10.2. The van der Waals surface area contributed by atoms with Crippen LogP contribution in [0.5, 0.6) is 0 Å². The summed E-state index contributed by atoms with van der Waals surface area (Å²) in [6.07, 6.45) is 7.15. The van der Waals surface area contributed by atoms with Crippen LogP contribution in [-0.2, 0) is 6.42 Å². The van der Waals surface area contributed by atoms with E-state index in [2.05, 4.69) is 19.2 Å². The Balaban J connectivity index is 2.07. The minimum absolute atomic E-state index is 0.297. The molecule has 0 amide bonds. The SMILES string of the molecule is CCCNC(Cc1cccc(F)c1Cl)C1CCC(CC)C1. The lowest BCUT2D eigenvalue weighted by Gasteiger charge is -2.26. The number of halogens is 2. The maximum atomic E-state index is 13.6. The normalized spacial score (nSPS) is 23.4. The average Bonchev–Trinajstić information content (AvgIpc) is 2.96. The maximum absolute atomic E-state index is 13.6. The van der Waals surface area contributed by atoms with Gasteiger partial charge in [-0.05, 0) is 55.7 Å². The highest BCUT2D eigenvalue weighted by atomic mass is 35.5. The molecular formula is C18H27ClFN. The molecule has 1 fully saturated rings. The second kappa shape index (κ2) is 8.14. The van der Waals surface area contributed by atoms with Gasteiger partial charge in [0.25, 0.3) is 0 Å². The molecule has 3 unspecified atom stereocenters. The lowest BCUT2D eigenvalue weighted by atomic mass is 9.90. The smallest absolute Gasteiger partial charge is 0.142 e. The van der Waals surface area contributed by atoms with Gasteiger partial charge >= 0.3 is 0 Å². The summed E-state index contributed by atoms with van der Waals surface area (Å²) in [4.78, 5) is 0. The van der Waals surface area contributed by atoms with Gasteiger partial charge in [-0.2, -0.15) is 0 Å².